The highest BCUT2D eigenvalue weighted by molar-refractivity contribution is 9.09. The molecule has 0 fully saturated rings. The zero-order chi connectivity index (χ0) is 9.61. The summed E-state index contributed by atoms with van der Waals surface area (Å²) in [7, 11) is 0. The minimum Gasteiger partial charge on any atom is -0.103 e. The Morgan fingerprint density at radius 2 is 2.00 bits per heavy atom. The number of hydrogen-bond donors (Lipinski definition) is 3. The zero-order valence-corrected chi connectivity index (χ0v) is 11.1. The van der Waals surface area contributed by atoms with Crippen LogP contribution in [0.1, 0.15) is 32.6 Å². The van der Waals surface area contributed by atoms with E-state index in [4.69, 9.17) is 0 Å². The molecule has 4 heteroatoms. The molecule has 0 saturated carbocycles. The van der Waals surface area contributed by atoms with E-state index in [2.05, 4.69) is 50.2 Å². The SMILES string of the molecule is C=CCC(CCCC)[P+](S)(S)S. The van der Waals surface area contributed by atoms with Gasteiger partial charge in [-0.1, -0.05) is 19.4 Å². The molecular weight excluding hydrogens is 223 g/mol. The number of hydrogen-bond acceptors (Lipinski definition) is 3. The van der Waals surface area contributed by atoms with Gasteiger partial charge in [-0.25, -0.2) is 0 Å². The summed E-state index contributed by atoms with van der Waals surface area (Å²) in [5.74, 6) is 0. The molecule has 12 heavy (non-hydrogen) atoms. The van der Waals surface area contributed by atoms with Gasteiger partial charge >= 0.3 is 0 Å². The van der Waals surface area contributed by atoms with Crippen molar-refractivity contribution in [2.75, 3.05) is 0 Å². The van der Waals surface area contributed by atoms with Crippen molar-refractivity contribution in [1.29, 1.82) is 0 Å². The van der Waals surface area contributed by atoms with Gasteiger partial charge in [0.15, 0.2) is 4.87 Å². The van der Waals surface area contributed by atoms with E-state index in [1.807, 2.05) is 6.08 Å². The van der Waals surface area contributed by atoms with Gasteiger partial charge in [0.05, 0.1) is 0 Å². The molecule has 0 rings (SSSR count). The largest absolute Gasteiger partial charge is 0.184 e. The van der Waals surface area contributed by atoms with Crippen molar-refractivity contribution in [3.05, 3.63) is 12.7 Å². The first-order valence-electron chi connectivity index (χ1n) is 4.20. The Kier molecular flexibility index (Phi) is 7.32. The van der Waals surface area contributed by atoms with Crippen LogP contribution in [0, 0.1) is 0 Å². The third-order valence-electron chi connectivity index (χ3n) is 1.82. The molecule has 0 aromatic carbocycles. The van der Waals surface area contributed by atoms with Gasteiger partial charge in [-0.2, -0.15) is 0 Å². The van der Waals surface area contributed by atoms with E-state index in [0.717, 1.165) is 6.42 Å². The molecule has 0 aliphatic heterocycles. The van der Waals surface area contributed by atoms with Crippen molar-refractivity contribution in [2.24, 2.45) is 0 Å². The maximum Gasteiger partial charge on any atom is 0.184 e. The fourth-order valence-electron chi connectivity index (χ4n) is 1.06. The second kappa shape index (κ2) is 6.64. The predicted octanol–water partition coefficient (Wildman–Crippen LogP) is 4.67. The minimum atomic E-state index is -1.56. The molecule has 0 nitrogen and oxygen atoms in total. The Hall–Kier alpha value is 1.22. The molecule has 0 heterocycles. The fraction of sp³-hybridized carbons (Fsp3) is 0.750. The highest BCUT2D eigenvalue weighted by atomic mass is 33.4. The number of unbranched alkanes of at least 4 members (excludes halogenated alkanes) is 1. The quantitative estimate of drug-likeness (QED) is 0.336. The summed E-state index contributed by atoms with van der Waals surface area (Å²) in [6.45, 7) is 5.93. The monoisotopic (exact) mass is 241 g/mol. The van der Waals surface area contributed by atoms with Gasteiger partial charge in [0.25, 0.3) is 0 Å². The Morgan fingerprint density at radius 3 is 2.33 bits per heavy atom. The van der Waals surface area contributed by atoms with Crippen LogP contribution in [0.15, 0.2) is 12.7 Å². The Morgan fingerprint density at radius 1 is 1.42 bits per heavy atom. The molecule has 0 aliphatic rings. The molecule has 0 spiro atoms. The first-order chi connectivity index (χ1) is 5.52. The molecule has 0 aliphatic carbocycles. The van der Waals surface area contributed by atoms with Gasteiger partial charge in [0.1, 0.15) is 5.66 Å². The minimum absolute atomic E-state index is 0.518. The average Bonchev–Trinajstić information content (AvgIpc) is 1.95. The maximum atomic E-state index is 4.45. The lowest BCUT2D eigenvalue weighted by Gasteiger charge is -2.17. The second-order valence-corrected chi connectivity index (χ2v) is 13.4. The molecule has 1 unspecified atom stereocenters. The molecule has 1 atom stereocenters. The molecule has 72 valence electrons. The summed E-state index contributed by atoms with van der Waals surface area (Å²) in [6, 6.07) is 0. The van der Waals surface area contributed by atoms with E-state index in [1.54, 1.807) is 0 Å². The van der Waals surface area contributed by atoms with Crippen LogP contribution in [0.3, 0.4) is 0 Å². The van der Waals surface area contributed by atoms with E-state index >= 15 is 0 Å². The highest BCUT2D eigenvalue weighted by Crippen LogP contribution is 2.77. The van der Waals surface area contributed by atoms with Crippen LogP contribution < -0.4 is 0 Å². The van der Waals surface area contributed by atoms with Crippen molar-refractivity contribution in [1.82, 2.24) is 0 Å². The Bertz CT molecular complexity index is 131. The topological polar surface area (TPSA) is 0 Å². The van der Waals surface area contributed by atoms with Crippen molar-refractivity contribution in [3.8, 4) is 0 Å². The maximum absolute atomic E-state index is 4.45. The van der Waals surface area contributed by atoms with Gasteiger partial charge in [-0.15, -0.1) is 6.58 Å². The summed E-state index contributed by atoms with van der Waals surface area (Å²) < 4.78 is 0. The van der Waals surface area contributed by atoms with Gasteiger partial charge in [0, 0.05) is 43.2 Å². The molecule has 0 bridgehead atoms. The lowest BCUT2D eigenvalue weighted by Crippen LogP contribution is -2.02. The molecular formula is C8H18PS3+. The van der Waals surface area contributed by atoms with Gasteiger partial charge in [-0.05, 0) is 12.8 Å². The van der Waals surface area contributed by atoms with Crippen LogP contribution in [0.25, 0.3) is 0 Å². The van der Waals surface area contributed by atoms with E-state index in [9.17, 15) is 0 Å². The van der Waals surface area contributed by atoms with E-state index in [1.165, 1.54) is 19.3 Å². The van der Waals surface area contributed by atoms with Gasteiger partial charge < -0.3 is 0 Å². The van der Waals surface area contributed by atoms with Crippen LogP contribution in [0.5, 0.6) is 0 Å². The molecule has 0 amide bonds. The van der Waals surface area contributed by atoms with Crippen LogP contribution >= 0.6 is 41.6 Å². The van der Waals surface area contributed by atoms with Crippen molar-refractivity contribution in [2.45, 2.75) is 38.3 Å². The number of rotatable bonds is 6. The van der Waals surface area contributed by atoms with Crippen LogP contribution in [0.2, 0.25) is 0 Å². The molecule has 0 aromatic rings. The molecule has 0 saturated heterocycles. The van der Waals surface area contributed by atoms with Crippen molar-refractivity contribution in [3.63, 3.8) is 0 Å². The van der Waals surface area contributed by atoms with Crippen molar-refractivity contribution >= 4 is 41.6 Å². The van der Waals surface area contributed by atoms with E-state index in [0.29, 0.717) is 5.66 Å². The highest BCUT2D eigenvalue weighted by Gasteiger charge is 2.35. The zero-order valence-electron chi connectivity index (χ0n) is 7.48. The smallest absolute Gasteiger partial charge is 0.103 e. The summed E-state index contributed by atoms with van der Waals surface area (Å²) in [6.07, 6.45) is 6.57. The lowest BCUT2D eigenvalue weighted by atomic mass is 10.1. The molecule has 0 aromatic heterocycles. The summed E-state index contributed by atoms with van der Waals surface area (Å²) in [5, 5.41) is 0. The Labute approximate surface area is 92.4 Å². The normalized spacial score (nSPS) is 14.3. The average molecular weight is 241 g/mol. The summed E-state index contributed by atoms with van der Waals surface area (Å²) in [5.41, 5.74) is 0.518. The number of allylic oxidation sites excluding steroid dienone is 1. The van der Waals surface area contributed by atoms with Crippen LogP contribution in [-0.4, -0.2) is 5.66 Å². The predicted molar refractivity (Wildman–Crippen MR) is 72.0 cm³/mol. The third-order valence-corrected chi connectivity index (χ3v) is 6.21. The summed E-state index contributed by atoms with van der Waals surface area (Å²) in [4.78, 5) is -1.56. The number of thiol groups is 3. The van der Waals surface area contributed by atoms with E-state index < -0.39 is 4.87 Å². The first kappa shape index (κ1) is 13.2. The molecule has 0 radical (unpaired) electrons. The lowest BCUT2D eigenvalue weighted by molar-refractivity contribution is 0.686. The van der Waals surface area contributed by atoms with E-state index in [-0.39, 0.29) is 0 Å². The standard InChI is InChI=1S/C8H18PS3/c1-3-5-7-8(6-4-2)9(10,11)12/h4,8,10-12H,2-3,5-7H2,1H3/q+1. The first-order valence-corrected chi connectivity index (χ1v) is 9.51. The third kappa shape index (κ3) is 5.80. The fourth-order valence-corrected chi connectivity index (χ4v) is 3.91. The van der Waals surface area contributed by atoms with Crippen molar-refractivity contribution < 1.29 is 0 Å². The van der Waals surface area contributed by atoms with Crippen LogP contribution in [0.4, 0.5) is 0 Å². The Balaban J connectivity index is 3.94. The summed E-state index contributed by atoms with van der Waals surface area (Å²) >= 11 is 13.3. The molecule has 0 N–H and O–H groups in total. The van der Waals surface area contributed by atoms with Crippen LogP contribution in [-0.2, 0) is 0 Å². The second-order valence-electron chi connectivity index (χ2n) is 2.94. The van der Waals surface area contributed by atoms with Gasteiger partial charge in [-0.3, -0.25) is 0 Å². The van der Waals surface area contributed by atoms with Gasteiger partial charge in [0.2, 0.25) is 0 Å².